The summed E-state index contributed by atoms with van der Waals surface area (Å²) >= 11 is 5.42. The Kier molecular flexibility index (Phi) is 10.1. The molecule has 0 unspecified atom stereocenters. The molecule has 3 rings (SSSR count). The second-order valence-corrected chi connectivity index (χ2v) is 8.77. The summed E-state index contributed by atoms with van der Waals surface area (Å²) in [6.45, 7) is 6.82. The fraction of sp³-hybridized carbons (Fsp3) is 0.583. The highest BCUT2D eigenvalue weighted by molar-refractivity contribution is 7.80. The number of hydrogen-bond donors (Lipinski definition) is 3. The number of rotatable bonds is 12. The van der Waals surface area contributed by atoms with E-state index in [1.807, 2.05) is 30.7 Å². The molecule has 0 amide bonds. The van der Waals surface area contributed by atoms with Gasteiger partial charge in [-0.15, -0.1) is 0 Å². The van der Waals surface area contributed by atoms with Crippen LogP contribution in [0.15, 0.2) is 30.7 Å². The molecule has 8 heteroatoms. The van der Waals surface area contributed by atoms with Crippen molar-refractivity contribution in [1.29, 1.82) is 0 Å². The number of benzene rings is 1. The van der Waals surface area contributed by atoms with Gasteiger partial charge in [0.1, 0.15) is 0 Å². The predicted molar refractivity (Wildman–Crippen MR) is 134 cm³/mol. The molecular weight excluding hydrogens is 422 g/mol. The smallest absolute Gasteiger partial charge is 0.170 e. The number of nitrogens with zero attached hydrogens (tertiary/aromatic N) is 2. The van der Waals surface area contributed by atoms with E-state index in [9.17, 15) is 0 Å². The lowest BCUT2D eigenvalue weighted by Gasteiger charge is -2.22. The molecule has 3 N–H and O–H groups in total. The number of aryl methyl sites for hydroxylation is 2. The number of imidazole rings is 1. The minimum atomic E-state index is 0.598. The van der Waals surface area contributed by atoms with Gasteiger partial charge in [0.15, 0.2) is 16.6 Å². The highest BCUT2D eigenvalue weighted by atomic mass is 32.1. The summed E-state index contributed by atoms with van der Waals surface area (Å²) < 4.78 is 13.6. The lowest BCUT2D eigenvalue weighted by atomic mass is 9.93. The number of methoxy groups -OCH3 is 1. The van der Waals surface area contributed by atoms with Gasteiger partial charge in [-0.05, 0) is 82.4 Å². The van der Waals surface area contributed by atoms with Crippen molar-refractivity contribution in [3.8, 4) is 11.5 Å². The first-order valence-electron chi connectivity index (χ1n) is 11.7. The monoisotopic (exact) mass is 459 g/mol. The fourth-order valence-electron chi connectivity index (χ4n) is 4.00. The van der Waals surface area contributed by atoms with Crippen LogP contribution in [0.3, 0.4) is 0 Å². The number of hydrogen-bond acceptors (Lipinski definition) is 5. The third-order valence-corrected chi connectivity index (χ3v) is 6.17. The number of anilines is 1. The Bertz CT molecular complexity index is 836. The lowest BCUT2D eigenvalue weighted by molar-refractivity contribution is 0.274. The van der Waals surface area contributed by atoms with E-state index >= 15 is 0 Å². The van der Waals surface area contributed by atoms with Crippen molar-refractivity contribution in [3.05, 3.63) is 36.4 Å². The van der Waals surface area contributed by atoms with Crippen LogP contribution in [-0.2, 0) is 6.54 Å². The summed E-state index contributed by atoms with van der Waals surface area (Å²) in [6, 6.07) is 5.83. The standard InChI is InChI=1S/C24H37N5O2S/c1-19-17-26-18-29(19)14-5-11-27-24(32)28-21-7-8-22(23(16-21)30-2)31-15-4-3-6-20-9-12-25-13-10-20/h7-8,16-18,20,25H,3-6,9-15H2,1-2H3,(H2,27,28,32). The zero-order valence-corrected chi connectivity index (χ0v) is 20.2. The fourth-order valence-corrected chi connectivity index (χ4v) is 4.22. The Morgan fingerprint density at radius 2 is 2.06 bits per heavy atom. The molecule has 2 aromatic rings. The third-order valence-electron chi connectivity index (χ3n) is 5.93. The maximum Gasteiger partial charge on any atom is 0.170 e. The van der Waals surface area contributed by atoms with E-state index < -0.39 is 0 Å². The van der Waals surface area contributed by atoms with E-state index in [1.54, 1.807) is 7.11 Å². The molecule has 1 saturated heterocycles. The minimum absolute atomic E-state index is 0.598. The molecule has 0 saturated carbocycles. The second kappa shape index (κ2) is 13.3. The molecule has 1 aliphatic heterocycles. The Morgan fingerprint density at radius 3 is 2.81 bits per heavy atom. The summed E-state index contributed by atoms with van der Waals surface area (Å²) in [5.41, 5.74) is 2.05. The van der Waals surface area contributed by atoms with Gasteiger partial charge in [-0.1, -0.05) is 6.42 Å². The van der Waals surface area contributed by atoms with Crippen LogP contribution < -0.4 is 25.4 Å². The molecule has 0 spiro atoms. The molecule has 0 atom stereocenters. The first-order valence-corrected chi connectivity index (χ1v) is 12.1. The maximum absolute atomic E-state index is 5.98. The van der Waals surface area contributed by atoms with E-state index in [0.717, 1.165) is 43.3 Å². The summed E-state index contributed by atoms with van der Waals surface area (Å²) in [5, 5.41) is 10.5. The van der Waals surface area contributed by atoms with Crippen molar-refractivity contribution in [2.24, 2.45) is 5.92 Å². The highest BCUT2D eigenvalue weighted by Gasteiger charge is 2.12. The number of aromatic nitrogens is 2. The number of ether oxygens (including phenoxy) is 2. The number of nitrogens with one attached hydrogen (secondary N) is 3. The van der Waals surface area contributed by atoms with Crippen LogP contribution in [-0.4, -0.2) is 48.0 Å². The van der Waals surface area contributed by atoms with Gasteiger partial charge in [0.05, 0.1) is 20.0 Å². The maximum atomic E-state index is 5.98. The molecule has 1 aromatic carbocycles. The molecule has 7 nitrogen and oxygen atoms in total. The van der Waals surface area contributed by atoms with Gasteiger partial charge >= 0.3 is 0 Å². The second-order valence-electron chi connectivity index (χ2n) is 8.37. The molecule has 0 bridgehead atoms. The van der Waals surface area contributed by atoms with Crippen LogP contribution >= 0.6 is 12.2 Å². The normalized spacial score (nSPS) is 14.2. The zero-order chi connectivity index (χ0) is 22.6. The van der Waals surface area contributed by atoms with Crippen LogP contribution in [0.1, 0.15) is 44.2 Å². The SMILES string of the molecule is COc1cc(NC(=S)NCCCn2cncc2C)ccc1OCCCCC1CCNCC1. The summed E-state index contributed by atoms with van der Waals surface area (Å²) in [6.07, 6.45) is 10.9. The molecule has 2 heterocycles. The molecule has 1 aromatic heterocycles. The van der Waals surface area contributed by atoms with Gasteiger partial charge < -0.3 is 30.0 Å². The lowest BCUT2D eigenvalue weighted by Crippen LogP contribution is -2.29. The van der Waals surface area contributed by atoms with Gasteiger partial charge in [0.2, 0.25) is 0 Å². The van der Waals surface area contributed by atoms with Crippen LogP contribution in [0.5, 0.6) is 11.5 Å². The molecular formula is C24H37N5O2S. The molecule has 1 fully saturated rings. The molecule has 32 heavy (non-hydrogen) atoms. The Balaban J connectivity index is 1.35. The van der Waals surface area contributed by atoms with Crippen LogP contribution in [0.2, 0.25) is 0 Å². The molecule has 1 aliphatic rings. The largest absolute Gasteiger partial charge is 0.493 e. The Labute approximate surface area is 197 Å². The minimum Gasteiger partial charge on any atom is -0.493 e. The highest BCUT2D eigenvalue weighted by Crippen LogP contribution is 2.30. The predicted octanol–water partition coefficient (Wildman–Crippen LogP) is 4.13. The Morgan fingerprint density at radius 1 is 1.22 bits per heavy atom. The van der Waals surface area contributed by atoms with Gasteiger partial charge in [0.25, 0.3) is 0 Å². The van der Waals surface area contributed by atoms with Gasteiger partial charge in [-0.25, -0.2) is 4.98 Å². The van der Waals surface area contributed by atoms with Gasteiger partial charge in [-0.3, -0.25) is 0 Å². The number of piperidine rings is 1. The third kappa shape index (κ3) is 7.98. The van der Waals surface area contributed by atoms with E-state index in [1.165, 1.54) is 44.5 Å². The van der Waals surface area contributed by atoms with Crippen LogP contribution in [0.25, 0.3) is 0 Å². The molecule has 0 radical (unpaired) electrons. The number of thiocarbonyl (C=S) groups is 1. The topological polar surface area (TPSA) is 72.4 Å². The van der Waals surface area contributed by atoms with Crippen molar-refractivity contribution >= 4 is 23.0 Å². The number of unbranched alkanes of at least 4 members (excludes halogenated alkanes) is 1. The van der Waals surface area contributed by atoms with Crippen molar-refractivity contribution < 1.29 is 9.47 Å². The summed E-state index contributed by atoms with van der Waals surface area (Å²) in [7, 11) is 1.66. The van der Waals surface area contributed by atoms with E-state index in [-0.39, 0.29) is 0 Å². The molecule has 0 aliphatic carbocycles. The van der Waals surface area contributed by atoms with Crippen molar-refractivity contribution in [2.45, 2.75) is 52.0 Å². The average molecular weight is 460 g/mol. The van der Waals surface area contributed by atoms with Crippen molar-refractivity contribution in [2.75, 3.05) is 38.7 Å². The van der Waals surface area contributed by atoms with Crippen LogP contribution in [0, 0.1) is 12.8 Å². The first-order chi connectivity index (χ1) is 15.7. The first kappa shape index (κ1) is 24.3. The van der Waals surface area contributed by atoms with Gasteiger partial charge in [-0.2, -0.15) is 0 Å². The summed E-state index contributed by atoms with van der Waals surface area (Å²) in [4.78, 5) is 4.14. The van der Waals surface area contributed by atoms with Crippen LogP contribution in [0.4, 0.5) is 5.69 Å². The van der Waals surface area contributed by atoms with Crippen molar-refractivity contribution in [3.63, 3.8) is 0 Å². The van der Waals surface area contributed by atoms with E-state index in [4.69, 9.17) is 21.7 Å². The zero-order valence-electron chi connectivity index (χ0n) is 19.4. The molecule has 176 valence electrons. The average Bonchev–Trinajstić information content (AvgIpc) is 3.22. The van der Waals surface area contributed by atoms with E-state index in [0.29, 0.717) is 17.5 Å². The van der Waals surface area contributed by atoms with Crippen molar-refractivity contribution in [1.82, 2.24) is 20.2 Å². The Hall–Kier alpha value is -2.32. The summed E-state index contributed by atoms with van der Waals surface area (Å²) in [5.74, 6) is 2.37. The van der Waals surface area contributed by atoms with E-state index in [2.05, 4.69) is 32.4 Å². The van der Waals surface area contributed by atoms with Gasteiger partial charge in [0, 0.05) is 36.7 Å². The quantitative estimate of drug-likeness (QED) is 0.326.